The minimum absolute atomic E-state index is 0.0687. The summed E-state index contributed by atoms with van der Waals surface area (Å²) in [5.74, 6) is -3.57. The second kappa shape index (κ2) is 12.7. The standard InChI is InChI=1S/C23H34O8S3/c1-9-11-30-17(28)22(7,13-20(3,4)15(24)25)33-19(32)34-23(8,18(29)31-12-10-2)14-21(5,6)16(26)27/h9-10H,1-2,11-14H2,3-8H3,(H,24,25)(H,26,27). The number of carboxylic acid groups (broad SMARTS) is 2. The zero-order valence-electron chi connectivity index (χ0n) is 20.5. The number of hydrogen-bond donors (Lipinski definition) is 2. The third-order valence-corrected chi connectivity index (χ3v) is 7.72. The van der Waals surface area contributed by atoms with E-state index in [1.54, 1.807) is 0 Å². The van der Waals surface area contributed by atoms with Crippen molar-refractivity contribution in [2.45, 2.75) is 63.9 Å². The summed E-state index contributed by atoms with van der Waals surface area (Å²) in [7, 11) is 0. The number of hydrogen-bond acceptors (Lipinski definition) is 9. The molecule has 0 amide bonds. The summed E-state index contributed by atoms with van der Waals surface area (Å²) in [4.78, 5) is 49.2. The number of carbonyl (C=O) groups excluding carboxylic acids is 2. The van der Waals surface area contributed by atoms with Crippen molar-refractivity contribution in [3.05, 3.63) is 25.3 Å². The third kappa shape index (κ3) is 9.42. The predicted octanol–water partition coefficient (Wildman–Crippen LogP) is 4.72. The molecule has 192 valence electrons. The lowest BCUT2D eigenvalue weighted by Crippen LogP contribution is -2.43. The molecule has 0 saturated heterocycles. The first-order valence-corrected chi connectivity index (χ1v) is 12.4. The summed E-state index contributed by atoms with van der Waals surface area (Å²) in [6.07, 6.45) is 2.54. The first kappa shape index (κ1) is 32.1. The van der Waals surface area contributed by atoms with Crippen molar-refractivity contribution in [3.8, 4) is 0 Å². The topological polar surface area (TPSA) is 127 Å². The van der Waals surface area contributed by atoms with Crippen molar-refractivity contribution in [1.82, 2.24) is 0 Å². The average molecular weight is 535 g/mol. The maximum atomic E-state index is 12.9. The Hall–Kier alpha value is -1.85. The average Bonchev–Trinajstić information content (AvgIpc) is 2.68. The van der Waals surface area contributed by atoms with Crippen molar-refractivity contribution in [2.75, 3.05) is 13.2 Å². The highest BCUT2D eigenvalue weighted by molar-refractivity contribution is 8.48. The summed E-state index contributed by atoms with van der Waals surface area (Å²) in [6, 6.07) is 0. The molecule has 0 bridgehead atoms. The van der Waals surface area contributed by atoms with Crippen LogP contribution >= 0.6 is 35.7 Å². The van der Waals surface area contributed by atoms with Gasteiger partial charge in [-0.3, -0.25) is 19.2 Å². The smallest absolute Gasteiger partial charge is 0.322 e. The molecule has 0 aliphatic carbocycles. The van der Waals surface area contributed by atoms with Gasteiger partial charge < -0.3 is 19.7 Å². The van der Waals surface area contributed by atoms with Crippen molar-refractivity contribution in [1.29, 1.82) is 0 Å². The molecule has 2 atom stereocenters. The lowest BCUT2D eigenvalue weighted by molar-refractivity contribution is -0.152. The number of ether oxygens (including phenoxy) is 2. The van der Waals surface area contributed by atoms with Crippen LogP contribution in [0.4, 0.5) is 0 Å². The molecule has 11 heteroatoms. The lowest BCUT2D eigenvalue weighted by Gasteiger charge is -2.35. The maximum Gasteiger partial charge on any atom is 0.322 e. The van der Waals surface area contributed by atoms with Gasteiger partial charge in [0.2, 0.25) is 0 Å². The summed E-state index contributed by atoms with van der Waals surface area (Å²) < 4.78 is 7.75. The van der Waals surface area contributed by atoms with Crippen LogP contribution in [0.5, 0.6) is 0 Å². The van der Waals surface area contributed by atoms with Crippen LogP contribution in [-0.2, 0) is 28.7 Å². The molecule has 0 aromatic rings. The Bertz CT molecular complexity index is 770. The van der Waals surface area contributed by atoms with Crippen LogP contribution in [0.15, 0.2) is 25.3 Å². The zero-order chi connectivity index (χ0) is 27.0. The van der Waals surface area contributed by atoms with Crippen molar-refractivity contribution in [2.24, 2.45) is 10.8 Å². The number of carboxylic acids is 2. The molecule has 0 rings (SSSR count). The van der Waals surface area contributed by atoms with E-state index in [-0.39, 0.29) is 29.6 Å². The van der Waals surface area contributed by atoms with Crippen LogP contribution in [-0.4, -0.2) is 60.3 Å². The van der Waals surface area contributed by atoms with Gasteiger partial charge in [-0.1, -0.05) is 61.1 Å². The van der Waals surface area contributed by atoms with Crippen LogP contribution < -0.4 is 0 Å². The molecule has 0 spiro atoms. The lowest BCUT2D eigenvalue weighted by atomic mass is 9.83. The summed E-state index contributed by atoms with van der Waals surface area (Å²) in [5, 5.41) is 19.2. The molecule has 2 unspecified atom stereocenters. The van der Waals surface area contributed by atoms with E-state index in [0.29, 0.717) is 0 Å². The van der Waals surface area contributed by atoms with Gasteiger partial charge in [-0.05, 0) is 54.4 Å². The minimum atomic E-state index is -1.40. The number of carbonyl (C=O) groups is 4. The quantitative estimate of drug-likeness (QED) is 0.183. The highest BCUT2D eigenvalue weighted by atomic mass is 32.2. The Kier molecular flexibility index (Phi) is 12.0. The second-order valence-corrected chi connectivity index (χ2v) is 13.6. The SMILES string of the molecule is C=CCOC(=O)C(C)(CC(C)(C)C(=O)O)SC(=S)SC(C)(CC(C)(C)C(=O)O)C(=O)OCC=C. The van der Waals surface area contributed by atoms with Gasteiger partial charge >= 0.3 is 23.9 Å². The van der Waals surface area contributed by atoms with Gasteiger partial charge in [-0.2, -0.15) is 0 Å². The van der Waals surface area contributed by atoms with E-state index in [1.807, 2.05) is 0 Å². The van der Waals surface area contributed by atoms with Crippen LogP contribution in [0.1, 0.15) is 54.4 Å². The Morgan fingerprint density at radius 3 is 1.29 bits per heavy atom. The molecule has 8 nitrogen and oxygen atoms in total. The van der Waals surface area contributed by atoms with Crippen LogP contribution in [0, 0.1) is 10.8 Å². The molecule has 0 saturated carbocycles. The van der Waals surface area contributed by atoms with Crippen LogP contribution in [0.25, 0.3) is 0 Å². The van der Waals surface area contributed by atoms with Crippen molar-refractivity contribution >= 4 is 63.1 Å². The number of thiocarbonyl (C=S) groups is 1. The summed E-state index contributed by atoms with van der Waals surface area (Å²) in [6.45, 7) is 15.9. The molecule has 0 aromatic carbocycles. The molecule has 0 heterocycles. The monoisotopic (exact) mass is 534 g/mol. The molecule has 2 N–H and O–H groups in total. The molecular formula is C23H34O8S3. The van der Waals surface area contributed by atoms with E-state index < -0.39 is 44.2 Å². The number of thioether (sulfide) groups is 2. The molecule has 0 aliphatic heterocycles. The highest BCUT2D eigenvalue weighted by Gasteiger charge is 2.48. The minimum Gasteiger partial charge on any atom is -0.481 e. The van der Waals surface area contributed by atoms with Gasteiger partial charge in [0.1, 0.15) is 26.2 Å². The zero-order valence-corrected chi connectivity index (χ0v) is 22.9. The molecule has 0 fully saturated rings. The Morgan fingerprint density at radius 2 is 1.06 bits per heavy atom. The molecule has 0 radical (unpaired) electrons. The van der Waals surface area contributed by atoms with Crippen LogP contribution in [0.2, 0.25) is 0 Å². The largest absolute Gasteiger partial charge is 0.481 e. The van der Waals surface area contributed by atoms with Gasteiger partial charge in [0.25, 0.3) is 0 Å². The first-order chi connectivity index (χ1) is 15.4. The molecule has 0 aliphatic rings. The predicted molar refractivity (Wildman–Crippen MR) is 139 cm³/mol. The highest BCUT2D eigenvalue weighted by Crippen LogP contribution is 2.46. The third-order valence-electron chi connectivity index (χ3n) is 4.86. The maximum absolute atomic E-state index is 12.9. The molecule has 34 heavy (non-hydrogen) atoms. The second-order valence-electron chi connectivity index (χ2n) is 9.42. The Balaban J connectivity index is 6.08. The van der Waals surface area contributed by atoms with E-state index in [4.69, 9.17) is 21.7 Å². The van der Waals surface area contributed by atoms with Gasteiger partial charge in [-0.15, -0.1) is 0 Å². The van der Waals surface area contributed by atoms with E-state index in [1.165, 1.54) is 53.7 Å². The molecule has 0 aromatic heterocycles. The van der Waals surface area contributed by atoms with Crippen molar-refractivity contribution in [3.63, 3.8) is 0 Å². The summed E-state index contributed by atoms with van der Waals surface area (Å²) >= 11 is 7.30. The van der Waals surface area contributed by atoms with Crippen LogP contribution in [0.3, 0.4) is 0 Å². The fourth-order valence-electron chi connectivity index (χ4n) is 3.10. The normalized spacial score (nSPS) is 15.2. The fraction of sp³-hybridized carbons (Fsp3) is 0.609. The number of esters is 2. The Morgan fingerprint density at radius 1 is 0.765 bits per heavy atom. The van der Waals surface area contributed by atoms with Gasteiger partial charge in [0.15, 0.2) is 0 Å². The van der Waals surface area contributed by atoms with E-state index in [2.05, 4.69) is 13.2 Å². The Labute approximate surface area is 214 Å². The number of rotatable bonds is 14. The summed E-state index contributed by atoms with van der Waals surface area (Å²) in [5.41, 5.74) is -2.57. The number of aliphatic carboxylic acids is 2. The first-order valence-electron chi connectivity index (χ1n) is 10.3. The van der Waals surface area contributed by atoms with Gasteiger partial charge in [0.05, 0.1) is 10.8 Å². The van der Waals surface area contributed by atoms with E-state index >= 15 is 0 Å². The van der Waals surface area contributed by atoms with Gasteiger partial charge in [-0.25, -0.2) is 0 Å². The van der Waals surface area contributed by atoms with E-state index in [9.17, 15) is 29.4 Å². The molecular weight excluding hydrogens is 500 g/mol. The fourth-order valence-corrected chi connectivity index (χ4v) is 7.36. The van der Waals surface area contributed by atoms with Gasteiger partial charge in [0, 0.05) is 0 Å². The van der Waals surface area contributed by atoms with E-state index in [0.717, 1.165) is 23.5 Å². The van der Waals surface area contributed by atoms with Crippen molar-refractivity contribution < 1.29 is 38.9 Å².